The van der Waals surface area contributed by atoms with Crippen molar-refractivity contribution in [3.8, 4) is 11.3 Å². The first-order valence-electron chi connectivity index (χ1n) is 10.2. The van der Waals surface area contributed by atoms with Gasteiger partial charge in [-0.3, -0.25) is 9.48 Å². The van der Waals surface area contributed by atoms with Crippen molar-refractivity contribution in [2.45, 2.75) is 59.5 Å². The van der Waals surface area contributed by atoms with Crippen molar-refractivity contribution in [2.75, 3.05) is 6.54 Å². The topological polar surface area (TPSA) is 51.0 Å². The number of likely N-dealkylation sites (tertiary alicyclic amines) is 1. The molecule has 1 aromatic carbocycles. The van der Waals surface area contributed by atoms with Crippen LogP contribution in [-0.2, 0) is 6.54 Å². The number of piperidine rings is 1. The Morgan fingerprint density at radius 3 is 2.79 bits per heavy atom. The Labute approximate surface area is 166 Å². The molecule has 0 saturated carbocycles. The van der Waals surface area contributed by atoms with Crippen molar-refractivity contribution in [1.29, 1.82) is 0 Å². The number of amides is 1. The number of rotatable bonds is 3. The third-order valence-corrected chi connectivity index (χ3v) is 5.89. The van der Waals surface area contributed by atoms with Crippen LogP contribution < -0.4 is 0 Å². The Balaban J connectivity index is 1.93. The molecular weight excluding hydrogens is 348 g/mol. The van der Waals surface area contributed by atoms with Gasteiger partial charge in [-0.1, -0.05) is 11.6 Å². The minimum absolute atomic E-state index is 0.131. The Kier molecular flexibility index (Phi) is 4.92. The summed E-state index contributed by atoms with van der Waals surface area (Å²) in [4.78, 5) is 20.6. The quantitative estimate of drug-likeness (QED) is 0.663. The van der Waals surface area contributed by atoms with Gasteiger partial charge >= 0.3 is 0 Å². The van der Waals surface area contributed by atoms with Crippen LogP contribution in [0, 0.1) is 13.8 Å². The van der Waals surface area contributed by atoms with E-state index in [9.17, 15) is 4.79 Å². The van der Waals surface area contributed by atoms with Gasteiger partial charge in [-0.15, -0.1) is 0 Å². The van der Waals surface area contributed by atoms with Crippen molar-refractivity contribution in [3.05, 3.63) is 47.3 Å². The Morgan fingerprint density at radius 1 is 1.25 bits per heavy atom. The summed E-state index contributed by atoms with van der Waals surface area (Å²) in [6.07, 6.45) is 7.20. The van der Waals surface area contributed by atoms with Gasteiger partial charge in [0.05, 0.1) is 23.0 Å². The second kappa shape index (κ2) is 7.38. The highest BCUT2D eigenvalue weighted by atomic mass is 16.2. The molecule has 1 fully saturated rings. The van der Waals surface area contributed by atoms with Gasteiger partial charge in [0.2, 0.25) is 0 Å². The van der Waals surface area contributed by atoms with Crippen LogP contribution in [0.4, 0.5) is 0 Å². The molecule has 0 aliphatic carbocycles. The molecule has 0 N–H and O–H groups in total. The zero-order valence-corrected chi connectivity index (χ0v) is 17.2. The van der Waals surface area contributed by atoms with E-state index in [-0.39, 0.29) is 11.9 Å². The van der Waals surface area contributed by atoms with E-state index < -0.39 is 0 Å². The third-order valence-electron chi connectivity index (χ3n) is 5.89. The molecule has 5 heteroatoms. The van der Waals surface area contributed by atoms with Gasteiger partial charge in [0.15, 0.2) is 0 Å². The molecule has 1 saturated heterocycles. The molecule has 146 valence electrons. The van der Waals surface area contributed by atoms with Gasteiger partial charge < -0.3 is 4.90 Å². The molecule has 0 spiro atoms. The van der Waals surface area contributed by atoms with E-state index in [0.29, 0.717) is 0 Å². The summed E-state index contributed by atoms with van der Waals surface area (Å²) in [5.74, 6) is 0.131. The number of benzene rings is 1. The molecule has 28 heavy (non-hydrogen) atoms. The van der Waals surface area contributed by atoms with Gasteiger partial charge in [0, 0.05) is 36.3 Å². The molecule has 4 rings (SSSR count). The van der Waals surface area contributed by atoms with Crippen molar-refractivity contribution in [1.82, 2.24) is 19.7 Å². The summed E-state index contributed by atoms with van der Waals surface area (Å²) in [7, 11) is 0. The second-order valence-electron chi connectivity index (χ2n) is 7.91. The van der Waals surface area contributed by atoms with Gasteiger partial charge in [0.25, 0.3) is 5.91 Å². The average Bonchev–Trinajstić information content (AvgIpc) is 3.16. The van der Waals surface area contributed by atoms with Crippen molar-refractivity contribution < 1.29 is 4.79 Å². The lowest BCUT2D eigenvalue weighted by atomic mass is 9.95. The molecule has 3 aromatic rings. The highest BCUT2D eigenvalue weighted by Crippen LogP contribution is 2.32. The van der Waals surface area contributed by atoms with Gasteiger partial charge in [-0.2, -0.15) is 5.10 Å². The van der Waals surface area contributed by atoms with Crippen LogP contribution in [0.3, 0.4) is 0 Å². The fraction of sp³-hybridized carbons (Fsp3) is 0.435. The van der Waals surface area contributed by atoms with Crippen LogP contribution in [0.15, 0.2) is 30.6 Å². The molecule has 1 aliphatic rings. The number of hydrogen-bond acceptors (Lipinski definition) is 3. The zero-order chi connectivity index (χ0) is 19.8. The summed E-state index contributed by atoms with van der Waals surface area (Å²) in [5.41, 5.74) is 5.55. The number of carbonyl (C=O) groups is 1. The van der Waals surface area contributed by atoms with E-state index >= 15 is 0 Å². The van der Waals surface area contributed by atoms with E-state index in [1.54, 1.807) is 0 Å². The molecule has 3 heterocycles. The molecule has 1 amide bonds. The van der Waals surface area contributed by atoms with Crippen LogP contribution in [-0.4, -0.2) is 38.2 Å². The minimum Gasteiger partial charge on any atom is -0.336 e. The number of aromatic nitrogens is 3. The van der Waals surface area contributed by atoms with Crippen LogP contribution >= 0.6 is 0 Å². The lowest BCUT2D eigenvalue weighted by Crippen LogP contribution is -2.42. The van der Waals surface area contributed by atoms with Gasteiger partial charge in [0.1, 0.15) is 0 Å². The normalized spacial score (nSPS) is 17.3. The van der Waals surface area contributed by atoms with Gasteiger partial charge in [-0.05, 0) is 64.7 Å². The van der Waals surface area contributed by atoms with E-state index in [4.69, 9.17) is 4.98 Å². The van der Waals surface area contributed by atoms with Crippen LogP contribution in [0.2, 0.25) is 0 Å². The lowest BCUT2D eigenvalue weighted by Gasteiger charge is -2.34. The van der Waals surface area contributed by atoms with E-state index in [1.807, 2.05) is 35.0 Å². The number of nitrogens with zero attached hydrogens (tertiary/aromatic N) is 4. The predicted molar refractivity (Wildman–Crippen MR) is 112 cm³/mol. The molecule has 0 bridgehead atoms. The summed E-state index contributed by atoms with van der Waals surface area (Å²) in [6.45, 7) is 9.95. The van der Waals surface area contributed by atoms with Crippen LogP contribution in [0.5, 0.6) is 0 Å². The number of aryl methyl sites for hydroxylation is 2. The number of hydrogen-bond donors (Lipinski definition) is 0. The Bertz CT molecular complexity index is 1040. The predicted octanol–water partition coefficient (Wildman–Crippen LogP) is 4.75. The Hall–Kier alpha value is -2.69. The first-order chi connectivity index (χ1) is 13.5. The maximum atomic E-state index is 13.7. The monoisotopic (exact) mass is 376 g/mol. The van der Waals surface area contributed by atoms with Gasteiger partial charge in [-0.25, -0.2) is 4.98 Å². The number of fused-ring (bicyclic) bond motifs is 1. The smallest absolute Gasteiger partial charge is 0.255 e. The molecular formula is C23H28N4O. The minimum atomic E-state index is 0.131. The highest BCUT2D eigenvalue weighted by molar-refractivity contribution is 6.09. The van der Waals surface area contributed by atoms with Crippen LogP contribution in [0.25, 0.3) is 22.2 Å². The van der Waals surface area contributed by atoms with Crippen molar-refractivity contribution in [2.24, 2.45) is 0 Å². The first kappa shape index (κ1) is 18.7. The van der Waals surface area contributed by atoms with E-state index in [2.05, 4.69) is 38.0 Å². The standard InChI is InChI=1S/C23H28N4O/c1-5-26-14-18(13-24-26)22-17(4)21(19-12-15(2)9-10-20(19)25-22)23(28)27-11-7-6-8-16(27)3/h9-10,12-14,16H,5-8,11H2,1-4H3/t16-/m1/s1. The number of pyridine rings is 1. The SMILES string of the molecule is CCn1cc(-c2nc3ccc(C)cc3c(C(=O)N3CCCC[C@H]3C)c2C)cn1. The fourth-order valence-corrected chi connectivity index (χ4v) is 4.23. The lowest BCUT2D eigenvalue weighted by molar-refractivity contribution is 0.0637. The molecule has 1 atom stereocenters. The molecule has 0 radical (unpaired) electrons. The van der Waals surface area contributed by atoms with Crippen molar-refractivity contribution >= 4 is 16.8 Å². The first-order valence-corrected chi connectivity index (χ1v) is 10.2. The van der Waals surface area contributed by atoms with Crippen molar-refractivity contribution in [3.63, 3.8) is 0 Å². The average molecular weight is 377 g/mol. The Morgan fingerprint density at radius 2 is 2.07 bits per heavy atom. The second-order valence-corrected chi connectivity index (χ2v) is 7.91. The molecule has 1 aliphatic heterocycles. The summed E-state index contributed by atoms with van der Waals surface area (Å²) in [5, 5.41) is 5.35. The maximum Gasteiger partial charge on any atom is 0.255 e. The summed E-state index contributed by atoms with van der Waals surface area (Å²) >= 11 is 0. The molecule has 5 nitrogen and oxygen atoms in total. The molecule has 0 unspecified atom stereocenters. The third kappa shape index (κ3) is 3.19. The number of carbonyl (C=O) groups excluding carboxylic acids is 1. The maximum absolute atomic E-state index is 13.7. The summed E-state index contributed by atoms with van der Waals surface area (Å²) < 4.78 is 1.89. The molecule has 2 aromatic heterocycles. The fourth-order valence-electron chi connectivity index (χ4n) is 4.23. The van der Waals surface area contributed by atoms with E-state index in [0.717, 1.165) is 64.8 Å². The highest BCUT2D eigenvalue weighted by Gasteiger charge is 2.28. The summed E-state index contributed by atoms with van der Waals surface area (Å²) in [6, 6.07) is 6.45. The van der Waals surface area contributed by atoms with Crippen LogP contribution in [0.1, 0.15) is 54.6 Å². The zero-order valence-electron chi connectivity index (χ0n) is 17.2. The largest absolute Gasteiger partial charge is 0.336 e. The van der Waals surface area contributed by atoms with E-state index in [1.165, 1.54) is 6.42 Å².